The maximum absolute atomic E-state index is 9.17. The maximum atomic E-state index is 9.17. The van der Waals surface area contributed by atoms with Crippen LogP contribution in [0.15, 0.2) is 29.4 Å². The molecular weight excluding hydrogens is 290 g/mol. The van der Waals surface area contributed by atoms with Crippen molar-refractivity contribution < 1.29 is 5.11 Å². The predicted octanol–water partition coefficient (Wildman–Crippen LogP) is 2.58. The average molecular weight is 302 g/mol. The molecule has 1 aromatic heterocycles. The van der Waals surface area contributed by atoms with Crippen molar-refractivity contribution in [3.8, 4) is 11.4 Å². The van der Waals surface area contributed by atoms with Gasteiger partial charge in [0.1, 0.15) is 11.6 Å². The number of aromatic hydroxyl groups is 1. The molecule has 16 heavy (non-hydrogen) atoms. The summed E-state index contributed by atoms with van der Waals surface area (Å²) in [5.74, 6) is 1.09. The standard InChI is InChI=1S/C10H11N3OS.BrH/c1-7-11-10(15-2)12-13(7)8-3-5-9(14)6-4-8;/h3-6,14H,1-2H3;1H. The van der Waals surface area contributed by atoms with Crippen molar-refractivity contribution in [2.24, 2.45) is 0 Å². The minimum atomic E-state index is 0. The molecule has 1 aromatic carbocycles. The number of phenols is 1. The van der Waals surface area contributed by atoms with E-state index >= 15 is 0 Å². The highest BCUT2D eigenvalue weighted by Crippen LogP contribution is 2.16. The molecule has 0 unspecified atom stereocenters. The van der Waals surface area contributed by atoms with Crippen LogP contribution in [0.5, 0.6) is 5.75 Å². The van der Waals surface area contributed by atoms with Crippen molar-refractivity contribution in [2.45, 2.75) is 12.1 Å². The molecule has 4 nitrogen and oxygen atoms in total. The first-order valence-electron chi connectivity index (χ1n) is 4.48. The molecule has 0 saturated carbocycles. The highest BCUT2D eigenvalue weighted by molar-refractivity contribution is 8.93. The molecule has 86 valence electrons. The fourth-order valence-electron chi connectivity index (χ4n) is 1.29. The van der Waals surface area contributed by atoms with Crippen molar-refractivity contribution in [2.75, 3.05) is 6.26 Å². The lowest BCUT2D eigenvalue weighted by atomic mass is 10.3. The van der Waals surface area contributed by atoms with Crippen LogP contribution >= 0.6 is 28.7 Å². The van der Waals surface area contributed by atoms with Crippen molar-refractivity contribution >= 4 is 28.7 Å². The predicted molar refractivity (Wildman–Crippen MR) is 69.9 cm³/mol. The number of rotatable bonds is 2. The van der Waals surface area contributed by atoms with Crippen molar-refractivity contribution in [1.29, 1.82) is 0 Å². The van der Waals surface area contributed by atoms with E-state index in [2.05, 4.69) is 10.1 Å². The molecule has 0 amide bonds. The number of phenolic OH excluding ortho intramolecular Hbond substituents is 1. The van der Waals surface area contributed by atoms with E-state index in [-0.39, 0.29) is 22.7 Å². The number of hydrogen-bond donors (Lipinski definition) is 1. The number of aryl methyl sites for hydroxylation is 1. The van der Waals surface area contributed by atoms with E-state index in [0.29, 0.717) is 0 Å². The third kappa shape index (κ3) is 2.56. The Morgan fingerprint density at radius 3 is 2.38 bits per heavy atom. The van der Waals surface area contributed by atoms with E-state index in [1.807, 2.05) is 13.2 Å². The van der Waals surface area contributed by atoms with Crippen LogP contribution in [0.4, 0.5) is 0 Å². The van der Waals surface area contributed by atoms with Crippen molar-refractivity contribution in [3.05, 3.63) is 30.1 Å². The summed E-state index contributed by atoms with van der Waals surface area (Å²) in [6.45, 7) is 1.90. The molecule has 0 fully saturated rings. The average Bonchev–Trinajstić information content (AvgIpc) is 2.61. The van der Waals surface area contributed by atoms with Gasteiger partial charge in [-0.3, -0.25) is 0 Å². The number of benzene rings is 1. The zero-order chi connectivity index (χ0) is 10.8. The number of halogens is 1. The number of hydrogen-bond acceptors (Lipinski definition) is 4. The fraction of sp³-hybridized carbons (Fsp3) is 0.200. The smallest absolute Gasteiger partial charge is 0.208 e. The van der Waals surface area contributed by atoms with Gasteiger partial charge in [0.25, 0.3) is 0 Å². The zero-order valence-corrected chi connectivity index (χ0v) is 11.4. The van der Waals surface area contributed by atoms with Gasteiger partial charge in [-0.1, -0.05) is 11.8 Å². The van der Waals surface area contributed by atoms with Gasteiger partial charge in [0, 0.05) is 0 Å². The topological polar surface area (TPSA) is 50.9 Å². The third-order valence-corrected chi connectivity index (χ3v) is 2.56. The van der Waals surface area contributed by atoms with Gasteiger partial charge in [-0.15, -0.1) is 22.1 Å². The highest BCUT2D eigenvalue weighted by atomic mass is 79.9. The Morgan fingerprint density at radius 2 is 1.88 bits per heavy atom. The van der Waals surface area contributed by atoms with Gasteiger partial charge in [-0.25, -0.2) is 9.67 Å². The van der Waals surface area contributed by atoms with Crippen LogP contribution in [0.1, 0.15) is 5.82 Å². The molecule has 0 aliphatic heterocycles. The molecule has 0 bridgehead atoms. The Balaban J connectivity index is 0.00000128. The summed E-state index contributed by atoms with van der Waals surface area (Å²) in [6.07, 6.45) is 1.94. The molecule has 0 spiro atoms. The van der Waals surface area contributed by atoms with Crippen LogP contribution < -0.4 is 0 Å². The van der Waals surface area contributed by atoms with Crippen molar-refractivity contribution in [1.82, 2.24) is 14.8 Å². The van der Waals surface area contributed by atoms with E-state index in [1.54, 1.807) is 28.9 Å². The number of nitrogens with zero attached hydrogens (tertiary/aromatic N) is 3. The summed E-state index contributed by atoms with van der Waals surface area (Å²) in [6, 6.07) is 6.88. The van der Waals surface area contributed by atoms with Gasteiger partial charge in [0.15, 0.2) is 0 Å². The van der Waals surface area contributed by atoms with E-state index in [1.165, 1.54) is 11.8 Å². The van der Waals surface area contributed by atoms with Crippen LogP contribution in [-0.4, -0.2) is 26.1 Å². The van der Waals surface area contributed by atoms with Crippen LogP contribution in [0.25, 0.3) is 5.69 Å². The quantitative estimate of drug-likeness (QED) is 0.866. The Hall–Kier alpha value is -1.01. The molecule has 2 rings (SSSR count). The molecule has 0 aliphatic rings. The molecule has 1 heterocycles. The van der Waals surface area contributed by atoms with Crippen LogP contribution in [-0.2, 0) is 0 Å². The minimum absolute atomic E-state index is 0. The molecule has 0 saturated heterocycles. The molecule has 6 heteroatoms. The first-order valence-corrected chi connectivity index (χ1v) is 5.70. The molecule has 2 aromatic rings. The molecule has 0 radical (unpaired) electrons. The van der Waals surface area contributed by atoms with Gasteiger partial charge >= 0.3 is 0 Å². The van der Waals surface area contributed by atoms with Crippen molar-refractivity contribution in [3.63, 3.8) is 0 Å². The first kappa shape index (κ1) is 13.1. The second kappa shape index (κ2) is 5.36. The molecular formula is C10H12BrN3OS. The Kier molecular flexibility index (Phi) is 4.37. The lowest BCUT2D eigenvalue weighted by Gasteiger charge is -2.01. The zero-order valence-electron chi connectivity index (χ0n) is 8.91. The Morgan fingerprint density at radius 1 is 1.25 bits per heavy atom. The Labute approximate surface area is 108 Å². The van der Waals surface area contributed by atoms with Gasteiger partial charge < -0.3 is 5.11 Å². The second-order valence-corrected chi connectivity index (χ2v) is 3.85. The molecule has 1 N–H and O–H groups in total. The van der Waals surface area contributed by atoms with Gasteiger partial charge in [-0.2, -0.15) is 0 Å². The van der Waals surface area contributed by atoms with Gasteiger partial charge in [0.05, 0.1) is 5.69 Å². The number of aromatic nitrogens is 3. The maximum Gasteiger partial charge on any atom is 0.208 e. The summed E-state index contributed by atoms with van der Waals surface area (Å²) in [5, 5.41) is 14.2. The molecule has 0 atom stereocenters. The summed E-state index contributed by atoms with van der Waals surface area (Å²) in [5.41, 5.74) is 0.901. The Bertz CT molecular complexity index is 469. The summed E-state index contributed by atoms with van der Waals surface area (Å²) in [4.78, 5) is 4.28. The lowest BCUT2D eigenvalue weighted by Crippen LogP contribution is -1.98. The van der Waals surface area contributed by atoms with Gasteiger partial charge in [0.2, 0.25) is 5.16 Å². The van der Waals surface area contributed by atoms with E-state index < -0.39 is 0 Å². The SMILES string of the molecule is Br.CSc1nc(C)n(-c2ccc(O)cc2)n1. The van der Waals surface area contributed by atoms with Gasteiger partial charge in [-0.05, 0) is 37.4 Å². The summed E-state index contributed by atoms with van der Waals surface area (Å²) >= 11 is 1.51. The lowest BCUT2D eigenvalue weighted by molar-refractivity contribution is 0.475. The van der Waals surface area contributed by atoms with E-state index in [0.717, 1.165) is 16.7 Å². The highest BCUT2D eigenvalue weighted by Gasteiger charge is 2.06. The van der Waals surface area contributed by atoms with Crippen LogP contribution in [0.3, 0.4) is 0 Å². The second-order valence-electron chi connectivity index (χ2n) is 3.07. The van der Waals surface area contributed by atoms with Crippen LogP contribution in [0, 0.1) is 6.92 Å². The summed E-state index contributed by atoms with van der Waals surface area (Å²) in [7, 11) is 0. The third-order valence-electron chi connectivity index (χ3n) is 2.03. The van der Waals surface area contributed by atoms with Crippen LogP contribution in [0.2, 0.25) is 0 Å². The fourth-order valence-corrected chi connectivity index (χ4v) is 1.68. The normalized spacial score (nSPS) is 9.88. The summed E-state index contributed by atoms with van der Waals surface area (Å²) < 4.78 is 1.76. The minimum Gasteiger partial charge on any atom is -0.508 e. The largest absolute Gasteiger partial charge is 0.508 e. The molecule has 0 aliphatic carbocycles. The van der Waals surface area contributed by atoms with E-state index in [9.17, 15) is 5.11 Å². The van der Waals surface area contributed by atoms with E-state index in [4.69, 9.17) is 0 Å². The number of thioether (sulfide) groups is 1. The first-order chi connectivity index (χ1) is 7.20. The monoisotopic (exact) mass is 301 g/mol.